The Hall–Kier alpha value is -1.02. The molecule has 0 aromatic rings. The third-order valence-corrected chi connectivity index (χ3v) is 0.421. The van der Waals surface area contributed by atoms with Crippen LogP contribution in [0.15, 0.2) is 5.11 Å². The standard InChI is InChI=1S/C2F6N2O/c3-1(4,5)9-10(11)2(6,7)8. The molecule has 0 heterocycles. The predicted molar refractivity (Wildman–Crippen MR) is 18.2 cm³/mol. The van der Waals surface area contributed by atoms with Crippen LogP contribution in [0, 0.1) is 5.21 Å². The molecule has 3 nitrogen and oxygen atoms in total. The van der Waals surface area contributed by atoms with E-state index >= 15 is 0 Å². The van der Waals surface area contributed by atoms with Crippen molar-refractivity contribution in [2.45, 2.75) is 12.6 Å². The first-order chi connectivity index (χ1) is 4.63. The molecule has 0 fully saturated rings. The summed E-state index contributed by atoms with van der Waals surface area (Å²) in [6, 6.07) is 0. The Kier molecular flexibility index (Phi) is 2.31. The second-order valence-electron chi connectivity index (χ2n) is 1.31. The molecule has 0 aliphatic carbocycles. The van der Waals surface area contributed by atoms with Gasteiger partial charge < -0.3 is 5.21 Å². The summed E-state index contributed by atoms with van der Waals surface area (Å²) in [6.07, 6.45) is -11.1. The van der Waals surface area contributed by atoms with Gasteiger partial charge in [0, 0.05) is 4.86 Å². The van der Waals surface area contributed by atoms with Gasteiger partial charge in [0.05, 0.1) is 5.11 Å². The van der Waals surface area contributed by atoms with Gasteiger partial charge in [0.15, 0.2) is 0 Å². The van der Waals surface area contributed by atoms with E-state index in [4.69, 9.17) is 0 Å². The first-order valence-electron chi connectivity index (χ1n) is 1.96. The fraction of sp³-hybridized carbons (Fsp3) is 1.00. The molecule has 0 rings (SSSR count). The molecule has 0 aromatic carbocycles. The van der Waals surface area contributed by atoms with Gasteiger partial charge in [-0.15, -0.1) is 26.3 Å². The van der Waals surface area contributed by atoms with Crippen LogP contribution in [0.1, 0.15) is 0 Å². The summed E-state index contributed by atoms with van der Waals surface area (Å²) < 4.78 is 65.8. The van der Waals surface area contributed by atoms with Crippen molar-refractivity contribution in [2.24, 2.45) is 5.11 Å². The molecule has 9 heteroatoms. The highest BCUT2D eigenvalue weighted by Crippen LogP contribution is 2.22. The van der Waals surface area contributed by atoms with E-state index in [2.05, 4.69) is 0 Å². The summed E-state index contributed by atoms with van der Waals surface area (Å²) in [6.45, 7) is 0. The summed E-state index contributed by atoms with van der Waals surface area (Å²) in [4.78, 5) is -2.35. The molecule has 0 aliphatic rings. The lowest BCUT2D eigenvalue weighted by atomic mass is 11.1. The second-order valence-corrected chi connectivity index (χ2v) is 1.31. The third kappa shape index (κ3) is 4.39. The molecule has 0 N–H and O–H groups in total. The van der Waals surface area contributed by atoms with E-state index in [0.717, 1.165) is 5.11 Å². The highest BCUT2D eigenvalue weighted by molar-refractivity contribution is 4.32. The number of hydrogen-bond acceptors (Lipinski definition) is 2. The smallest absolute Gasteiger partial charge is 0.593 e. The Balaban J connectivity index is 4.49. The number of rotatable bonds is 0. The molecule has 0 amide bonds. The normalized spacial score (nSPS) is 15.3. The number of alkyl halides is 6. The molecule has 0 bridgehead atoms. The highest BCUT2D eigenvalue weighted by atomic mass is 19.4. The minimum Gasteiger partial charge on any atom is -0.593 e. The van der Waals surface area contributed by atoms with Gasteiger partial charge in [-0.2, -0.15) is 0 Å². The fourth-order valence-electron chi connectivity index (χ4n) is 0.160. The van der Waals surface area contributed by atoms with Crippen LogP contribution in [0.25, 0.3) is 0 Å². The number of hydrogen-bond donors (Lipinski definition) is 0. The lowest BCUT2D eigenvalue weighted by molar-refractivity contribution is -0.724. The van der Waals surface area contributed by atoms with E-state index in [0.29, 0.717) is 0 Å². The maximum Gasteiger partial charge on any atom is 0.668 e. The molecule has 0 atom stereocenters. The van der Waals surface area contributed by atoms with E-state index in [1.165, 1.54) is 0 Å². The Labute approximate surface area is 55.5 Å². The molecule has 0 spiro atoms. The monoisotopic (exact) mass is 182 g/mol. The molecule has 0 aliphatic heterocycles. The van der Waals surface area contributed by atoms with Crippen molar-refractivity contribution in [3.63, 3.8) is 0 Å². The third-order valence-electron chi connectivity index (χ3n) is 0.421. The average Bonchev–Trinajstić information content (AvgIpc) is 1.56. The zero-order chi connectivity index (χ0) is 9.28. The van der Waals surface area contributed by atoms with Crippen molar-refractivity contribution < 1.29 is 31.2 Å². The molecule has 66 valence electrons. The Morgan fingerprint density at radius 1 is 1.00 bits per heavy atom. The van der Waals surface area contributed by atoms with Crippen molar-refractivity contribution in [2.75, 3.05) is 0 Å². The van der Waals surface area contributed by atoms with Crippen LogP contribution in [0.2, 0.25) is 0 Å². The average molecular weight is 182 g/mol. The maximum absolute atomic E-state index is 11.0. The first-order valence-corrected chi connectivity index (χ1v) is 1.96. The maximum atomic E-state index is 11.0. The van der Waals surface area contributed by atoms with Gasteiger partial charge in [-0.25, -0.2) is 0 Å². The van der Waals surface area contributed by atoms with Gasteiger partial charge in [-0.3, -0.25) is 0 Å². The van der Waals surface area contributed by atoms with Crippen molar-refractivity contribution >= 4 is 0 Å². The topological polar surface area (TPSA) is 38.4 Å². The molecule has 0 aromatic heterocycles. The summed E-state index contributed by atoms with van der Waals surface area (Å²) in [7, 11) is 0. The van der Waals surface area contributed by atoms with Gasteiger partial charge >= 0.3 is 12.6 Å². The Morgan fingerprint density at radius 3 is 1.45 bits per heavy atom. The van der Waals surface area contributed by atoms with Gasteiger partial charge in [0.25, 0.3) is 0 Å². The molecule has 0 unspecified atom stereocenters. The number of hydroxylamine groups is 1. The first kappa shape index (κ1) is 9.98. The highest BCUT2D eigenvalue weighted by Gasteiger charge is 2.46. The lowest BCUT2D eigenvalue weighted by Crippen LogP contribution is -2.24. The van der Waals surface area contributed by atoms with Crippen LogP contribution in [0.5, 0.6) is 0 Å². The minimum atomic E-state index is -5.64. The number of halogens is 6. The van der Waals surface area contributed by atoms with Crippen molar-refractivity contribution in [3.8, 4) is 0 Å². The SMILES string of the molecule is [O-][N+](=NC(F)(F)F)C(F)(F)F. The fourth-order valence-corrected chi connectivity index (χ4v) is 0.160. The lowest BCUT2D eigenvalue weighted by Gasteiger charge is -2.02. The largest absolute Gasteiger partial charge is 0.668 e. The van der Waals surface area contributed by atoms with Gasteiger partial charge in [-0.1, -0.05) is 0 Å². The molecule has 11 heavy (non-hydrogen) atoms. The van der Waals surface area contributed by atoms with Crippen LogP contribution in [-0.4, -0.2) is 17.5 Å². The summed E-state index contributed by atoms with van der Waals surface area (Å²) in [5.74, 6) is 0. The molecule has 0 saturated carbocycles. The van der Waals surface area contributed by atoms with E-state index in [9.17, 15) is 31.5 Å². The van der Waals surface area contributed by atoms with E-state index < -0.39 is 17.5 Å². The van der Waals surface area contributed by atoms with Crippen LogP contribution >= 0.6 is 0 Å². The molecular weight excluding hydrogens is 182 g/mol. The quantitative estimate of drug-likeness (QED) is 0.185. The van der Waals surface area contributed by atoms with Crippen LogP contribution in [0.4, 0.5) is 26.3 Å². The van der Waals surface area contributed by atoms with Gasteiger partial charge in [0.2, 0.25) is 0 Å². The van der Waals surface area contributed by atoms with Crippen LogP contribution < -0.4 is 0 Å². The van der Waals surface area contributed by atoms with Crippen molar-refractivity contribution in [3.05, 3.63) is 5.21 Å². The van der Waals surface area contributed by atoms with Gasteiger partial charge in [-0.05, 0) is 0 Å². The summed E-state index contributed by atoms with van der Waals surface area (Å²) in [5, 5.41) is 10.2. The molecular formula is C2F6N2O. The zero-order valence-electron chi connectivity index (χ0n) is 4.57. The van der Waals surface area contributed by atoms with E-state index in [1.54, 1.807) is 0 Å². The van der Waals surface area contributed by atoms with E-state index in [1.807, 2.05) is 0 Å². The number of azo groups is 1. The van der Waals surface area contributed by atoms with Crippen LogP contribution in [0.3, 0.4) is 0 Å². The van der Waals surface area contributed by atoms with E-state index in [-0.39, 0.29) is 0 Å². The molecule has 0 radical (unpaired) electrons. The Bertz CT molecular complexity index is 166. The summed E-state index contributed by atoms with van der Waals surface area (Å²) >= 11 is 0. The van der Waals surface area contributed by atoms with Crippen molar-refractivity contribution in [1.82, 2.24) is 0 Å². The summed E-state index contributed by atoms with van der Waals surface area (Å²) in [5.41, 5.74) is 0. The van der Waals surface area contributed by atoms with Crippen LogP contribution in [-0.2, 0) is 0 Å². The zero-order valence-corrected chi connectivity index (χ0v) is 4.57. The minimum absolute atomic E-state index is 0.833. The van der Waals surface area contributed by atoms with Gasteiger partial charge in [0.1, 0.15) is 0 Å². The van der Waals surface area contributed by atoms with Crippen molar-refractivity contribution in [1.29, 1.82) is 0 Å². The second kappa shape index (κ2) is 2.55. The molecule has 0 saturated heterocycles. The predicted octanol–water partition coefficient (Wildman–Crippen LogP) is 1.99. The number of nitrogens with zero attached hydrogens (tertiary/aromatic N) is 2. The Morgan fingerprint density at radius 2 is 1.36 bits per heavy atom.